The van der Waals surface area contributed by atoms with Crippen LogP contribution in [0.5, 0.6) is 0 Å². The van der Waals surface area contributed by atoms with Gasteiger partial charge in [-0.15, -0.1) is 0 Å². The number of benzene rings is 1. The fraction of sp³-hybridized carbons (Fsp3) is 0.480. The van der Waals surface area contributed by atoms with E-state index >= 15 is 0 Å². The zero-order valence-electron chi connectivity index (χ0n) is 20.5. The molecule has 0 unspecified atom stereocenters. The molecule has 2 atom stereocenters. The number of pyridine rings is 1. The third-order valence-corrected chi connectivity index (χ3v) is 6.31. The van der Waals surface area contributed by atoms with Crippen LogP contribution >= 0.6 is 0 Å². The number of nitrogens with one attached hydrogen (secondary N) is 2. The summed E-state index contributed by atoms with van der Waals surface area (Å²) in [4.78, 5) is 16.4. The fourth-order valence-corrected chi connectivity index (χ4v) is 4.38. The number of ether oxygens (including phenoxy) is 2. The number of anilines is 3. The van der Waals surface area contributed by atoms with Crippen molar-refractivity contribution < 1.29 is 18.7 Å². The second kappa shape index (κ2) is 12.1. The van der Waals surface area contributed by atoms with E-state index in [1.807, 2.05) is 29.8 Å². The van der Waals surface area contributed by atoms with E-state index in [4.69, 9.17) is 20.9 Å². The molecule has 0 bridgehead atoms. The largest absolute Gasteiger partial charge is 0.379 e. The Morgan fingerprint density at radius 3 is 2.75 bits per heavy atom. The van der Waals surface area contributed by atoms with Crippen molar-refractivity contribution >= 4 is 34.1 Å². The number of halogens is 1. The van der Waals surface area contributed by atoms with Crippen molar-refractivity contribution in [1.82, 2.24) is 14.8 Å². The molecule has 0 saturated heterocycles. The molecule has 36 heavy (non-hydrogen) atoms. The second-order valence-electron chi connectivity index (χ2n) is 8.85. The molecule has 0 aliphatic heterocycles. The lowest BCUT2D eigenvalue weighted by molar-refractivity contribution is 0.0491. The van der Waals surface area contributed by atoms with E-state index < -0.39 is 11.7 Å². The molecule has 6 N–H and O–H groups in total. The van der Waals surface area contributed by atoms with E-state index in [1.165, 1.54) is 0 Å². The van der Waals surface area contributed by atoms with Gasteiger partial charge in [-0.1, -0.05) is 12.8 Å². The Morgan fingerprint density at radius 1 is 1.17 bits per heavy atom. The number of hydrogen-bond donors (Lipinski definition) is 4. The predicted octanol–water partition coefficient (Wildman–Crippen LogP) is 3.15. The highest BCUT2D eigenvalue weighted by molar-refractivity contribution is 5.99. The number of rotatable bonds is 12. The van der Waals surface area contributed by atoms with Crippen LogP contribution in [0.25, 0.3) is 10.9 Å². The Bertz CT molecular complexity index is 1190. The first-order valence-electron chi connectivity index (χ1n) is 12.4. The summed E-state index contributed by atoms with van der Waals surface area (Å²) >= 11 is 0. The molecule has 194 valence electrons. The smallest absolute Gasteiger partial charge is 0.252 e. The number of amides is 1. The SMILES string of the molecule is CCOCCOCCn1ncc2cc(Nc3nc(N[C@@H]4CCCC[C@@H]4N)c(F)cc3C(N)=O)ccc21. The normalized spacial score (nSPS) is 17.9. The third-order valence-electron chi connectivity index (χ3n) is 6.31. The predicted molar refractivity (Wildman–Crippen MR) is 137 cm³/mol. The first-order chi connectivity index (χ1) is 17.5. The zero-order chi connectivity index (χ0) is 25.5. The Labute approximate surface area is 209 Å². The average molecular weight is 500 g/mol. The van der Waals surface area contributed by atoms with Gasteiger partial charge in [0, 0.05) is 29.8 Å². The summed E-state index contributed by atoms with van der Waals surface area (Å²) in [6.07, 6.45) is 5.54. The van der Waals surface area contributed by atoms with Gasteiger partial charge in [-0.3, -0.25) is 9.48 Å². The minimum absolute atomic E-state index is 0.0361. The van der Waals surface area contributed by atoms with Crippen molar-refractivity contribution in [3.63, 3.8) is 0 Å². The maximum atomic E-state index is 14.8. The highest BCUT2D eigenvalue weighted by Crippen LogP contribution is 2.28. The van der Waals surface area contributed by atoms with Crippen molar-refractivity contribution in [2.45, 2.75) is 51.2 Å². The van der Waals surface area contributed by atoms with E-state index in [0.717, 1.165) is 42.7 Å². The minimum atomic E-state index is -0.775. The van der Waals surface area contributed by atoms with Crippen LogP contribution in [0.15, 0.2) is 30.5 Å². The minimum Gasteiger partial charge on any atom is -0.379 e. The van der Waals surface area contributed by atoms with E-state index in [-0.39, 0.29) is 29.3 Å². The molecular formula is C25H34FN7O3. The Hall–Kier alpha value is -3.28. The molecule has 3 aromatic rings. The van der Waals surface area contributed by atoms with Gasteiger partial charge in [0.15, 0.2) is 11.6 Å². The van der Waals surface area contributed by atoms with Gasteiger partial charge in [-0.05, 0) is 44.0 Å². The molecule has 2 heterocycles. The quantitative estimate of drug-likeness (QED) is 0.278. The maximum Gasteiger partial charge on any atom is 0.252 e. The molecule has 0 spiro atoms. The zero-order valence-corrected chi connectivity index (χ0v) is 20.5. The molecule has 4 rings (SSSR count). The first-order valence-corrected chi connectivity index (χ1v) is 12.4. The standard InChI is InChI=1S/C25H34FN7O3/c1-2-35-11-12-36-10-9-33-22-8-7-17(13-16(22)15-29-33)30-24-18(23(28)34)14-19(26)25(32-24)31-21-6-4-3-5-20(21)27/h7-8,13-15,20-21H,2-6,9-12,27H2,1H3,(H2,28,34)(H2,30,31,32)/t20-,21+/m0/s1. The van der Waals surface area contributed by atoms with Gasteiger partial charge >= 0.3 is 0 Å². The highest BCUT2D eigenvalue weighted by atomic mass is 19.1. The van der Waals surface area contributed by atoms with E-state index in [9.17, 15) is 9.18 Å². The van der Waals surface area contributed by atoms with E-state index in [2.05, 4.69) is 20.7 Å². The molecule has 1 aliphatic carbocycles. The molecule has 2 aromatic heterocycles. The summed E-state index contributed by atoms with van der Waals surface area (Å²) in [7, 11) is 0. The summed E-state index contributed by atoms with van der Waals surface area (Å²) in [6.45, 7) is 4.85. The number of carbonyl (C=O) groups is 1. The van der Waals surface area contributed by atoms with Gasteiger partial charge < -0.3 is 31.6 Å². The number of fused-ring (bicyclic) bond motifs is 1. The molecule has 1 aromatic carbocycles. The van der Waals surface area contributed by atoms with Crippen LogP contribution in [-0.2, 0) is 16.0 Å². The van der Waals surface area contributed by atoms with E-state index in [0.29, 0.717) is 38.7 Å². The number of nitrogens with two attached hydrogens (primary N) is 2. The first kappa shape index (κ1) is 25.8. The second-order valence-corrected chi connectivity index (χ2v) is 8.85. The molecule has 1 saturated carbocycles. The summed E-state index contributed by atoms with van der Waals surface area (Å²) in [6, 6.07) is 6.58. The van der Waals surface area contributed by atoms with Crippen LogP contribution in [0.3, 0.4) is 0 Å². The lowest BCUT2D eigenvalue weighted by atomic mass is 9.91. The van der Waals surface area contributed by atoms with Gasteiger partial charge in [0.25, 0.3) is 5.91 Å². The van der Waals surface area contributed by atoms with Crippen molar-refractivity contribution in [2.24, 2.45) is 11.5 Å². The molecule has 1 amide bonds. The monoisotopic (exact) mass is 499 g/mol. The third kappa shape index (κ3) is 6.28. The Balaban J connectivity index is 1.49. The lowest BCUT2D eigenvalue weighted by Crippen LogP contribution is -2.43. The fourth-order valence-electron chi connectivity index (χ4n) is 4.38. The number of aromatic nitrogens is 3. The van der Waals surface area contributed by atoms with Crippen LogP contribution in [0.2, 0.25) is 0 Å². The summed E-state index contributed by atoms with van der Waals surface area (Å²) < 4.78 is 27.5. The maximum absolute atomic E-state index is 14.8. The van der Waals surface area contributed by atoms with Crippen molar-refractivity contribution in [1.29, 1.82) is 0 Å². The molecule has 11 heteroatoms. The lowest BCUT2D eigenvalue weighted by Gasteiger charge is -2.30. The summed E-state index contributed by atoms with van der Waals surface area (Å²) in [5, 5.41) is 11.6. The molecular weight excluding hydrogens is 465 g/mol. The van der Waals surface area contributed by atoms with Gasteiger partial charge in [-0.25, -0.2) is 9.37 Å². The number of nitrogens with zero attached hydrogens (tertiary/aromatic N) is 3. The van der Waals surface area contributed by atoms with Gasteiger partial charge in [-0.2, -0.15) is 5.10 Å². The number of carbonyl (C=O) groups excluding carboxylic acids is 1. The van der Waals surface area contributed by atoms with Gasteiger partial charge in [0.05, 0.1) is 43.6 Å². The van der Waals surface area contributed by atoms with Crippen LogP contribution in [0, 0.1) is 5.82 Å². The summed E-state index contributed by atoms with van der Waals surface area (Å²) in [5.41, 5.74) is 13.3. The van der Waals surface area contributed by atoms with Crippen molar-refractivity contribution in [3.8, 4) is 0 Å². The number of hydrogen-bond acceptors (Lipinski definition) is 8. The van der Waals surface area contributed by atoms with Crippen LogP contribution in [0.4, 0.5) is 21.7 Å². The average Bonchev–Trinajstić information content (AvgIpc) is 3.26. The number of primary amides is 1. The van der Waals surface area contributed by atoms with E-state index in [1.54, 1.807) is 6.20 Å². The van der Waals surface area contributed by atoms with Gasteiger partial charge in [0.2, 0.25) is 0 Å². The van der Waals surface area contributed by atoms with Crippen LogP contribution in [0.1, 0.15) is 43.0 Å². The summed E-state index contributed by atoms with van der Waals surface area (Å²) in [5.74, 6) is -1.20. The van der Waals surface area contributed by atoms with Crippen molar-refractivity contribution in [3.05, 3.63) is 41.8 Å². The molecule has 0 radical (unpaired) electrons. The van der Waals surface area contributed by atoms with Crippen LogP contribution < -0.4 is 22.1 Å². The topological polar surface area (TPSA) is 142 Å². The van der Waals surface area contributed by atoms with Crippen molar-refractivity contribution in [2.75, 3.05) is 37.1 Å². The Kier molecular flexibility index (Phi) is 8.68. The van der Waals surface area contributed by atoms with Crippen LogP contribution in [-0.4, -0.2) is 59.2 Å². The highest BCUT2D eigenvalue weighted by Gasteiger charge is 2.24. The molecule has 1 fully saturated rings. The Morgan fingerprint density at radius 2 is 1.97 bits per heavy atom. The molecule has 10 nitrogen and oxygen atoms in total. The van der Waals surface area contributed by atoms with Gasteiger partial charge in [0.1, 0.15) is 5.82 Å². The molecule has 1 aliphatic rings.